The second-order valence-corrected chi connectivity index (χ2v) is 7.47. The number of ketones is 1. The topological polar surface area (TPSA) is 124 Å². The summed E-state index contributed by atoms with van der Waals surface area (Å²) in [6, 6.07) is 10.7. The van der Waals surface area contributed by atoms with Gasteiger partial charge in [0.2, 0.25) is 5.91 Å². The molecule has 0 aliphatic carbocycles. The average Bonchev–Trinajstić information content (AvgIpc) is 2.65. The first-order valence-electron chi connectivity index (χ1n) is 7.99. The molecule has 0 saturated carbocycles. The van der Waals surface area contributed by atoms with Gasteiger partial charge in [-0.3, -0.25) is 9.59 Å². The van der Waals surface area contributed by atoms with Gasteiger partial charge in [0, 0.05) is 30.2 Å². The van der Waals surface area contributed by atoms with Crippen LogP contribution >= 0.6 is 23.4 Å². The van der Waals surface area contributed by atoms with Crippen molar-refractivity contribution in [1.29, 1.82) is 10.5 Å². The van der Waals surface area contributed by atoms with Crippen LogP contribution in [0.4, 0.5) is 5.82 Å². The molecule has 9 heteroatoms. The molecule has 0 fully saturated rings. The van der Waals surface area contributed by atoms with Crippen LogP contribution in [0.5, 0.6) is 0 Å². The van der Waals surface area contributed by atoms with Crippen molar-refractivity contribution >= 4 is 40.9 Å². The quantitative estimate of drug-likeness (QED) is 0.590. The molecule has 0 spiro atoms. The highest BCUT2D eigenvalue weighted by Crippen LogP contribution is 2.39. The van der Waals surface area contributed by atoms with Gasteiger partial charge in [-0.15, -0.1) is 0 Å². The van der Waals surface area contributed by atoms with Gasteiger partial charge in [0.15, 0.2) is 5.78 Å². The van der Waals surface area contributed by atoms with Crippen molar-refractivity contribution in [3.63, 3.8) is 0 Å². The Morgan fingerprint density at radius 2 is 1.82 bits per heavy atom. The van der Waals surface area contributed by atoms with Crippen molar-refractivity contribution in [3.8, 4) is 23.3 Å². The predicted octanol–water partition coefficient (Wildman–Crippen LogP) is 2.87. The van der Waals surface area contributed by atoms with Crippen molar-refractivity contribution in [2.24, 2.45) is 0 Å². The molecule has 2 N–H and O–H groups in total. The zero-order chi connectivity index (χ0) is 21.0. The van der Waals surface area contributed by atoms with Crippen molar-refractivity contribution in [1.82, 2.24) is 9.88 Å². The number of pyridine rings is 1. The van der Waals surface area contributed by atoms with Gasteiger partial charge >= 0.3 is 0 Å². The minimum absolute atomic E-state index is 0.00677. The van der Waals surface area contributed by atoms with Crippen LogP contribution in [0.25, 0.3) is 11.1 Å². The number of anilines is 1. The summed E-state index contributed by atoms with van der Waals surface area (Å²) in [6.07, 6.45) is 0. The summed E-state index contributed by atoms with van der Waals surface area (Å²) in [5.74, 6) is -0.944. The fourth-order valence-corrected chi connectivity index (χ4v) is 3.82. The van der Waals surface area contributed by atoms with E-state index in [9.17, 15) is 20.1 Å². The molecular weight excluding hydrogens is 398 g/mol. The Bertz CT molecular complexity index is 1040. The second-order valence-electron chi connectivity index (χ2n) is 5.97. The number of nitriles is 2. The molecule has 0 aliphatic rings. The molecule has 1 aromatic carbocycles. The van der Waals surface area contributed by atoms with Crippen molar-refractivity contribution < 1.29 is 9.59 Å². The van der Waals surface area contributed by atoms with Crippen LogP contribution in [0.3, 0.4) is 0 Å². The third-order valence-corrected chi connectivity index (χ3v) is 5.44. The lowest BCUT2D eigenvalue weighted by atomic mass is 9.97. The number of carbonyl (C=O) groups is 2. The van der Waals surface area contributed by atoms with E-state index in [1.165, 1.54) is 25.9 Å². The Morgan fingerprint density at radius 3 is 2.32 bits per heavy atom. The standard InChI is InChI=1S/C19H16ClN5O2S/c1-10(26)16(19(27)25(2)3)28-18-13(9-22)15(12(8-21)17(23)24-18)11-6-4-5-7-14(11)20/h4-7,16H,1-3H3,(H2,23,24). The Labute approximate surface area is 171 Å². The minimum Gasteiger partial charge on any atom is -0.383 e. The highest BCUT2D eigenvalue weighted by molar-refractivity contribution is 8.01. The van der Waals surface area contributed by atoms with Crippen molar-refractivity contribution in [2.75, 3.05) is 19.8 Å². The summed E-state index contributed by atoms with van der Waals surface area (Å²) in [5, 5.41) is 18.6. The van der Waals surface area contributed by atoms with Crippen LogP contribution in [0.2, 0.25) is 5.02 Å². The number of aromatic nitrogens is 1. The third kappa shape index (κ3) is 4.09. The summed E-state index contributed by atoms with van der Waals surface area (Å²) in [6.45, 7) is 1.28. The monoisotopic (exact) mass is 413 g/mol. The van der Waals surface area contributed by atoms with Gasteiger partial charge in [-0.05, 0) is 13.0 Å². The summed E-state index contributed by atoms with van der Waals surface area (Å²) < 4.78 is 0. The number of rotatable bonds is 5. The molecular formula is C19H16ClN5O2S. The van der Waals surface area contributed by atoms with Crippen LogP contribution < -0.4 is 5.73 Å². The molecule has 0 saturated heterocycles. The van der Waals surface area contributed by atoms with Crippen LogP contribution in [-0.2, 0) is 9.59 Å². The molecule has 142 valence electrons. The van der Waals surface area contributed by atoms with E-state index in [-0.39, 0.29) is 27.5 Å². The van der Waals surface area contributed by atoms with Crippen LogP contribution in [0, 0.1) is 22.7 Å². The van der Waals surface area contributed by atoms with Gasteiger partial charge in [0.05, 0.1) is 5.56 Å². The van der Waals surface area contributed by atoms with E-state index >= 15 is 0 Å². The van der Waals surface area contributed by atoms with Gasteiger partial charge in [0.1, 0.15) is 33.8 Å². The fraction of sp³-hybridized carbons (Fsp3) is 0.211. The summed E-state index contributed by atoms with van der Waals surface area (Å²) >= 11 is 7.09. The minimum atomic E-state index is -1.10. The Kier molecular flexibility index (Phi) is 6.63. The number of halogens is 1. The number of Topliss-reactive ketones (excluding diaryl/α,β-unsaturated/α-hetero) is 1. The lowest BCUT2D eigenvalue weighted by Crippen LogP contribution is -2.36. The lowest BCUT2D eigenvalue weighted by molar-refractivity contribution is -0.132. The number of hydrogen-bond donors (Lipinski definition) is 1. The maximum absolute atomic E-state index is 12.4. The number of hydrogen-bond acceptors (Lipinski definition) is 7. The SMILES string of the molecule is CC(=O)C(Sc1nc(N)c(C#N)c(-c2ccccc2Cl)c1C#N)C(=O)N(C)C. The Morgan fingerprint density at radius 1 is 1.21 bits per heavy atom. The van der Waals surface area contributed by atoms with Crippen molar-refractivity contribution in [2.45, 2.75) is 17.2 Å². The molecule has 0 aliphatic heterocycles. The fourth-order valence-electron chi connectivity index (χ4n) is 2.47. The van der Waals surface area contributed by atoms with E-state index in [1.807, 2.05) is 12.1 Å². The van der Waals surface area contributed by atoms with E-state index in [0.717, 1.165) is 11.8 Å². The molecule has 0 radical (unpaired) electrons. The van der Waals surface area contributed by atoms with Gasteiger partial charge < -0.3 is 10.6 Å². The predicted molar refractivity (Wildman–Crippen MR) is 108 cm³/mol. The number of nitrogens with two attached hydrogens (primary N) is 1. The zero-order valence-electron chi connectivity index (χ0n) is 15.4. The maximum Gasteiger partial charge on any atom is 0.243 e. The number of nitrogens with zero attached hydrogens (tertiary/aromatic N) is 4. The zero-order valence-corrected chi connectivity index (χ0v) is 16.9. The summed E-state index contributed by atoms with van der Waals surface area (Å²) in [7, 11) is 3.06. The average molecular weight is 414 g/mol. The first-order valence-corrected chi connectivity index (χ1v) is 9.25. The van der Waals surface area contributed by atoms with Gasteiger partial charge in [-0.2, -0.15) is 10.5 Å². The van der Waals surface area contributed by atoms with Gasteiger partial charge in [-0.25, -0.2) is 4.98 Å². The summed E-state index contributed by atoms with van der Waals surface area (Å²) in [5.41, 5.74) is 6.65. The third-order valence-electron chi connectivity index (χ3n) is 3.82. The molecule has 28 heavy (non-hydrogen) atoms. The molecule has 2 rings (SSSR count). The molecule has 1 atom stereocenters. The Balaban J connectivity index is 2.76. The van der Waals surface area contributed by atoms with E-state index in [1.54, 1.807) is 24.3 Å². The smallest absolute Gasteiger partial charge is 0.243 e. The van der Waals surface area contributed by atoms with E-state index in [0.29, 0.717) is 10.6 Å². The normalized spacial score (nSPS) is 11.2. The molecule has 1 unspecified atom stereocenters. The van der Waals surface area contributed by atoms with Crippen LogP contribution in [0.1, 0.15) is 18.1 Å². The van der Waals surface area contributed by atoms with E-state index in [2.05, 4.69) is 4.98 Å². The largest absolute Gasteiger partial charge is 0.383 e. The number of benzene rings is 1. The number of nitrogen functional groups attached to an aromatic ring is 1. The molecule has 0 bridgehead atoms. The lowest BCUT2D eigenvalue weighted by Gasteiger charge is -2.19. The van der Waals surface area contributed by atoms with Crippen molar-refractivity contribution in [3.05, 3.63) is 40.4 Å². The summed E-state index contributed by atoms with van der Waals surface area (Å²) in [4.78, 5) is 29.8. The van der Waals surface area contributed by atoms with Gasteiger partial charge in [0.25, 0.3) is 0 Å². The van der Waals surface area contributed by atoms with E-state index < -0.39 is 16.9 Å². The van der Waals surface area contributed by atoms with Gasteiger partial charge in [-0.1, -0.05) is 41.6 Å². The maximum atomic E-state index is 12.4. The second kappa shape index (κ2) is 8.75. The first-order chi connectivity index (χ1) is 13.2. The number of amides is 1. The highest BCUT2D eigenvalue weighted by Gasteiger charge is 2.30. The molecule has 1 aromatic heterocycles. The Hall–Kier alpha value is -3.07. The highest BCUT2D eigenvalue weighted by atomic mass is 35.5. The van der Waals surface area contributed by atoms with E-state index in [4.69, 9.17) is 17.3 Å². The first kappa shape index (κ1) is 21.2. The molecule has 7 nitrogen and oxygen atoms in total. The number of thioether (sulfide) groups is 1. The van der Waals surface area contributed by atoms with Crippen LogP contribution in [-0.4, -0.2) is 40.9 Å². The molecule has 1 heterocycles. The number of carbonyl (C=O) groups excluding carboxylic acids is 2. The van der Waals surface area contributed by atoms with Crippen LogP contribution in [0.15, 0.2) is 29.3 Å². The molecule has 1 amide bonds. The molecule has 2 aromatic rings.